The Morgan fingerprint density at radius 3 is 1.60 bits per heavy atom. The van der Waals surface area contributed by atoms with Gasteiger partial charge in [-0.05, 0) is 5.41 Å². The molecule has 0 aromatic carbocycles. The van der Waals surface area contributed by atoms with Crippen LogP contribution in [0.2, 0.25) is 0 Å². The van der Waals surface area contributed by atoms with Crippen LogP contribution in [-0.2, 0) is 4.79 Å². The molecule has 0 aromatic rings. The van der Waals surface area contributed by atoms with Crippen molar-refractivity contribution in [1.29, 1.82) is 0 Å². The van der Waals surface area contributed by atoms with E-state index in [-0.39, 0.29) is 10.8 Å². The minimum atomic E-state index is -0.359. The lowest BCUT2D eigenvalue weighted by atomic mass is 9.93. The first kappa shape index (κ1) is 12.6. The third-order valence-corrected chi connectivity index (χ3v) is 1.70. The van der Waals surface area contributed by atoms with E-state index in [1.54, 1.807) is 0 Å². The topological polar surface area (TPSA) is 17.1 Å². The molecule has 0 aliphatic carbocycles. The number of hydrogen-bond acceptors (Lipinski definition) is 1. The maximum Gasteiger partial charge on any atom is 0.138 e. The highest BCUT2D eigenvalue weighted by Gasteiger charge is 2.20. The second-order valence-corrected chi connectivity index (χ2v) is 3.37. The first-order valence-electron chi connectivity index (χ1n) is 3.58. The Labute approximate surface area is 68.8 Å². The molecule has 0 fully saturated rings. The van der Waals surface area contributed by atoms with Gasteiger partial charge in [-0.25, -0.2) is 0 Å². The lowest BCUT2D eigenvalue weighted by Gasteiger charge is -2.19. The van der Waals surface area contributed by atoms with Gasteiger partial charge < -0.3 is 4.79 Å². The van der Waals surface area contributed by atoms with Gasteiger partial charge in [0.25, 0.3) is 0 Å². The van der Waals surface area contributed by atoms with E-state index in [1.165, 1.54) is 0 Å². The van der Waals surface area contributed by atoms with Crippen molar-refractivity contribution < 1.29 is 4.79 Å². The summed E-state index contributed by atoms with van der Waals surface area (Å²) >= 11 is 5.57. The third kappa shape index (κ3) is 6.09. The molecule has 0 saturated heterocycles. The second kappa shape index (κ2) is 5.72. The Kier molecular flexibility index (Phi) is 7.22. The third-order valence-electron chi connectivity index (χ3n) is 0.947. The standard InChI is InChI=1S/C6H11ClO.C2H6/c1-6(2,3)5(7)4-8;1-2/h4-5H,1-3H3;1-2H3. The number of carbonyl (C=O) groups is 1. The number of aldehydes is 1. The minimum Gasteiger partial charge on any atom is -0.302 e. The zero-order valence-electron chi connectivity index (χ0n) is 7.44. The molecule has 0 aliphatic heterocycles. The van der Waals surface area contributed by atoms with Crippen LogP contribution in [0.1, 0.15) is 34.6 Å². The van der Waals surface area contributed by atoms with Crippen LogP contribution >= 0.6 is 11.6 Å². The first-order chi connectivity index (χ1) is 4.48. The van der Waals surface area contributed by atoms with Crippen molar-refractivity contribution in [3.8, 4) is 0 Å². The van der Waals surface area contributed by atoms with Crippen molar-refractivity contribution >= 4 is 17.9 Å². The van der Waals surface area contributed by atoms with Gasteiger partial charge in [0.15, 0.2) is 0 Å². The summed E-state index contributed by atoms with van der Waals surface area (Å²) in [5.41, 5.74) is -0.0939. The summed E-state index contributed by atoms with van der Waals surface area (Å²) in [6, 6.07) is 0. The van der Waals surface area contributed by atoms with Crippen LogP contribution in [0.4, 0.5) is 0 Å². The molecule has 2 heteroatoms. The Morgan fingerprint density at radius 2 is 1.60 bits per heavy atom. The van der Waals surface area contributed by atoms with Crippen LogP contribution in [-0.4, -0.2) is 11.7 Å². The summed E-state index contributed by atoms with van der Waals surface area (Å²) < 4.78 is 0. The molecule has 0 rings (SSSR count). The van der Waals surface area contributed by atoms with E-state index in [9.17, 15) is 4.79 Å². The molecule has 1 nitrogen and oxygen atoms in total. The molecule has 62 valence electrons. The highest BCUT2D eigenvalue weighted by atomic mass is 35.5. The molecule has 1 atom stereocenters. The van der Waals surface area contributed by atoms with Gasteiger partial charge in [0.05, 0.1) is 5.38 Å². The maximum absolute atomic E-state index is 10.0. The Balaban J connectivity index is 0. The molecule has 0 bridgehead atoms. The lowest BCUT2D eigenvalue weighted by Crippen LogP contribution is -2.21. The van der Waals surface area contributed by atoms with E-state index in [4.69, 9.17) is 11.6 Å². The van der Waals surface area contributed by atoms with E-state index in [2.05, 4.69) is 0 Å². The number of carbonyl (C=O) groups excluding carboxylic acids is 1. The zero-order chi connectivity index (χ0) is 8.78. The SMILES string of the molecule is CC.CC(C)(C)C(Cl)C=O. The molecule has 0 N–H and O–H groups in total. The molecule has 0 spiro atoms. The van der Waals surface area contributed by atoms with Crippen LogP contribution in [0, 0.1) is 5.41 Å². The number of rotatable bonds is 1. The van der Waals surface area contributed by atoms with Crippen molar-refractivity contribution in [2.45, 2.75) is 40.0 Å². The molecule has 0 aliphatic rings. The molecule has 0 aromatic heterocycles. The van der Waals surface area contributed by atoms with Gasteiger partial charge in [-0.1, -0.05) is 34.6 Å². The van der Waals surface area contributed by atoms with Gasteiger partial charge in [-0.3, -0.25) is 0 Å². The Hall–Kier alpha value is -0.0400. The summed E-state index contributed by atoms with van der Waals surface area (Å²) in [6.07, 6.45) is 0.765. The van der Waals surface area contributed by atoms with Crippen molar-refractivity contribution in [2.24, 2.45) is 5.41 Å². The molecule has 0 heterocycles. The van der Waals surface area contributed by atoms with Gasteiger partial charge in [0.1, 0.15) is 6.29 Å². The fraction of sp³-hybridized carbons (Fsp3) is 0.875. The van der Waals surface area contributed by atoms with Gasteiger partial charge in [0.2, 0.25) is 0 Å². The molecule has 0 radical (unpaired) electrons. The van der Waals surface area contributed by atoms with E-state index in [1.807, 2.05) is 34.6 Å². The maximum atomic E-state index is 10.0. The highest BCUT2D eigenvalue weighted by Crippen LogP contribution is 2.21. The summed E-state index contributed by atoms with van der Waals surface area (Å²) in [6.45, 7) is 9.79. The number of hydrogen-bond donors (Lipinski definition) is 0. The number of alkyl halides is 1. The van der Waals surface area contributed by atoms with Crippen molar-refractivity contribution in [1.82, 2.24) is 0 Å². The second-order valence-electron chi connectivity index (χ2n) is 2.90. The van der Waals surface area contributed by atoms with Crippen molar-refractivity contribution in [3.63, 3.8) is 0 Å². The smallest absolute Gasteiger partial charge is 0.138 e. The van der Waals surface area contributed by atoms with Gasteiger partial charge in [-0.2, -0.15) is 0 Å². The summed E-state index contributed by atoms with van der Waals surface area (Å²) in [4.78, 5) is 10.0. The molecule has 10 heavy (non-hydrogen) atoms. The fourth-order valence-corrected chi connectivity index (χ4v) is 0.204. The quantitative estimate of drug-likeness (QED) is 0.430. The predicted molar refractivity (Wildman–Crippen MR) is 46.5 cm³/mol. The molecule has 0 amide bonds. The largest absolute Gasteiger partial charge is 0.302 e. The van der Waals surface area contributed by atoms with E-state index in [0.29, 0.717) is 0 Å². The van der Waals surface area contributed by atoms with Crippen LogP contribution in [0.25, 0.3) is 0 Å². The summed E-state index contributed by atoms with van der Waals surface area (Å²) in [7, 11) is 0. The molecular weight excluding hydrogens is 148 g/mol. The summed E-state index contributed by atoms with van der Waals surface area (Å²) in [5.74, 6) is 0. The zero-order valence-corrected chi connectivity index (χ0v) is 8.20. The normalized spacial score (nSPS) is 13.0. The Bertz CT molecular complexity index is 83.7. The highest BCUT2D eigenvalue weighted by molar-refractivity contribution is 6.28. The Morgan fingerprint density at radius 1 is 1.30 bits per heavy atom. The first-order valence-corrected chi connectivity index (χ1v) is 4.01. The minimum absolute atomic E-state index is 0.0939. The molecule has 0 saturated carbocycles. The van der Waals surface area contributed by atoms with Gasteiger partial charge >= 0.3 is 0 Å². The van der Waals surface area contributed by atoms with E-state index < -0.39 is 0 Å². The van der Waals surface area contributed by atoms with E-state index >= 15 is 0 Å². The summed E-state index contributed by atoms with van der Waals surface area (Å²) in [5, 5.41) is -0.359. The van der Waals surface area contributed by atoms with Crippen molar-refractivity contribution in [3.05, 3.63) is 0 Å². The predicted octanol–water partition coefficient (Wildman–Crippen LogP) is 2.87. The monoisotopic (exact) mass is 164 g/mol. The fourth-order valence-electron chi connectivity index (χ4n) is 0.204. The van der Waals surface area contributed by atoms with Crippen LogP contribution in [0.15, 0.2) is 0 Å². The molecular formula is C8H17ClO. The average molecular weight is 165 g/mol. The lowest BCUT2D eigenvalue weighted by molar-refractivity contribution is -0.108. The van der Waals surface area contributed by atoms with Crippen molar-refractivity contribution in [2.75, 3.05) is 0 Å². The van der Waals surface area contributed by atoms with Crippen LogP contribution < -0.4 is 0 Å². The van der Waals surface area contributed by atoms with E-state index in [0.717, 1.165) is 6.29 Å². The van der Waals surface area contributed by atoms with Gasteiger partial charge in [0, 0.05) is 0 Å². The van der Waals surface area contributed by atoms with Crippen LogP contribution in [0.3, 0.4) is 0 Å². The molecule has 1 unspecified atom stereocenters. The number of halogens is 1. The van der Waals surface area contributed by atoms with Crippen LogP contribution in [0.5, 0.6) is 0 Å². The average Bonchev–Trinajstić information content (AvgIpc) is 1.89. The van der Waals surface area contributed by atoms with Gasteiger partial charge in [-0.15, -0.1) is 11.6 Å².